The standard InChI is InChI=1S/C32H62NO8P/c1-5-6-7-8-9-10-11-12-13-14-15-16-17-18-19-20-25-39-28-31(37-3)29-41-42(35,36)40-26-24-33(2)23-21-22-30(27-33)32(34)38-4/h22,31H,5-21,23-29H2,1-4H3/p+1. The van der Waals surface area contributed by atoms with Crippen LogP contribution in [0.1, 0.15) is 116 Å². The Kier molecular flexibility index (Phi) is 22.9. The first-order chi connectivity index (χ1) is 20.2. The molecule has 0 fully saturated rings. The number of ether oxygens (including phenoxy) is 3. The van der Waals surface area contributed by atoms with Crippen molar-refractivity contribution >= 4 is 13.8 Å². The molecule has 10 heteroatoms. The molecule has 0 aromatic heterocycles. The monoisotopic (exact) mass is 620 g/mol. The summed E-state index contributed by atoms with van der Waals surface area (Å²) in [5.74, 6) is -0.334. The first-order valence-electron chi connectivity index (χ1n) is 16.6. The molecule has 0 spiro atoms. The average Bonchev–Trinajstić information content (AvgIpc) is 2.97. The predicted octanol–water partition coefficient (Wildman–Crippen LogP) is 7.36. The smallest absolute Gasteiger partial charge is 0.465 e. The summed E-state index contributed by atoms with van der Waals surface area (Å²) in [5, 5.41) is 0. The Bertz CT molecular complexity index is 765. The lowest BCUT2D eigenvalue weighted by Crippen LogP contribution is -2.50. The van der Waals surface area contributed by atoms with Crippen LogP contribution in [0.2, 0.25) is 0 Å². The number of phosphoric ester groups is 1. The Labute approximate surface area is 256 Å². The van der Waals surface area contributed by atoms with E-state index in [1.165, 1.54) is 104 Å². The van der Waals surface area contributed by atoms with Gasteiger partial charge in [0, 0.05) is 20.1 Å². The van der Waals surface area contributed by atoms with E-state index in [1.807, 2.05) is 13.1 Å². The molecule has 248 valence electrons. The molecule has 1 N–H and O–H groups in total. The van der Waals surface area contributed by atoms with Gasteiger partial charge in [-0.1, -0.05) is 109 Å². The summed E-state index contributed by atoms with van der Waals surface area (Å²) < 4.78 is 39.1. The van der Waals surface area contributed by atoms with E-state index in [0.717, 1.165) is 25.8 Å². The highest BCUT2D eigenvalue weighted by molar-refractivity contribution is 7.47. The SMILES string of the molecule is CCCCCCCCCCCCCCCCCCOCC(COP(=O)(O)OCC[N+]1(C)CCC=C(C(=O)OC)C1)OC. The van der Waals surface area contributed by atoms with E-state index in [1.54, 1.807) is 0 Å². The molecular formula is C32H63NO8P+. The lowest BCUT2D eigenvalue weighted by Gasteiger charge is -2.37. The molecular weight excluding hydrogens is 557 g/mol. The second-order valence-electron chi connectivity index (χ2n) is 12.1. The Morgan fingerprint density at radius 2 is 1.40 bits per heavy atom. The molecule has 0 saturated carbocycles. The summed E-state index contributed by atoms with van der Waals surface area (Å²) in [5.41, 5.74) is 0.622. The van der Waals surface area contributed by atoms with Crippen molar-refractivity contribution in [2.45, 2.75) is 122 Å². The zero-order chi connectivity index (χ0) is 30.9. The third-order valence-corrected chi connectivity index (χ3v) is 9.13. The summed E-state index contributed by atoms with van der Waals surface area (Å²) in [7, 11) is 0.655. The van der Waals surface area contributed by atoms with Crippen molar-refractivity contribution in [3.05, 3.63) is 11.6 Å². The second kappa shape index (κ2) is 24.5. The van der Waals surface area contributed by atoms with E-state index < -0.39 is 13.9 Å². The number of rotatable bonds is 28. The minimum absolute atomic E-state index is 0.0339. The molecule has 1 rings (SSSR count). The topological polar surface area (TPSA) is 101 Å². The highest BCUT2D eigenvalue weighted by Crippen LogP contribution is 2.43. The first-order valence-corrected chi connectivity index (χ1v) is 18.1. The number of likely N-dealkylation sites (N-methyl/N-ethyl adjacent to an activating group) is 1. The molecule has 0 amide bonds. The molecule has 0 saturated heterocycles. The van der Waals surface area contributed by atoms with Crippen LogP contribution in [0.4, 0.5) is 0 Å². The van der Waals surface area contributed by atoms with Gasteiger partial charge in [-0.2, -0.15) is 0 Å². The van der Waals surface area contributed by atoms with Gasteiger partial charge in [0.05, 0.1) is 39.5 Å². The van der Waals surface area contributed by atoms with Crippen molar-refractivity contribution in [3.63, 3.8) is 0 Å². The van der Waals surface area contributed by atoms with Gasteiger partial charge in [-0.25, -0.2) is 9.36 Å². The maximum Gasteiger partial charge on any atom is 0.472 e. The number of hydrogen-bond donors (Lipinski definition) is 1. The van der Waals surface area contributed by atoms with Crippen molar-refractivity contribution in [2.75, 3.05) is 67.3 Å². The van der Waals surface area contributed by atoms with Gasteiger partial charge in [-0.3, -0.25) is 9.05 Å². The highest BCUT2D eigenvalue weighted by atomic mass is 31.2. The number of quaternary nitrogens is 1. The normalized spacial score (nSPS) is 19.3. The summed E-state index contributed by atoms with van der Waals surface area (Å²) in [6.07, 6.45) is 23.5. The van der Waals surface area contributed by atoms with Crippen molar-refractivity contribution in [1.29, 1.82) is 0 Å². The van der Waals surface area contributed by atoms with Crippen molar-refractivity contribution in [2.24, 2.45) is 0 Å². The van der Waals surface area contributed by atoms with Crippen LogP contribution in [0.5, 0.6) is 0 Å². The Morgan fingerprint density at radius 3 is 1.93 bits per heavy atom. The van der Waals surface area contributed by atoms with Crippen LogP contribution in [0, 0.1) is 0 Å². The number of unbranched alkanes of at least 4 members (excludes halogenated alkanes) is 15. The van der Waals surface area contributed by atoms with E-state index in [4.69, 9.17) is 23.3 Å². The summed E-state index contributed by atoms with van der Waals surface area (Å²) in [6, 6.07) is 0. The predicted molar refractivity (Wildman–Crippen MR) is 168 cm³/mol. The van der Waals surface area contributed by atoms with Gasteiger partial charge in [0.1, 0.15) is 25.8 Å². The fourth-order valence-corrected chi connectivity index (χ4v) is 6.06. The summed E-state index contributed by atoms with van der Waals surface area (Å²) in [4.78, 5) is 21.9. The van der Waals surface area contributed by atoms with Crippen LogP contribution in [-0.2, 0) is 32.6 Å². The molecule has 0 bridgehead atoms. The van der Waals surface area contributed by atoms with Gasteiger partial charge in [0.25, 0.3) is 0 Å². The van der Waals surface area contributed by atoms with E-state index in [2.05, 4.69) is 6.92 Å². The molecule has 9 nitrogen and oxygen atoms in total. The average molecular weight is 621 g/mol. The number of esters is 1. The van der Waals surface area contributed by atoms with E-state index in [-0.39, 0.29) is 19.2 Å². The number of carbonyl (C=O) groups is 1. The molecule has 0 aromatic rings. The minimum Gasteiger partial charge on any atom is -0.465 e. The highest BCUT2D eigenvalue weighted by Gasteiger charge is 2.31. The lowest BCUT2D eigenvalue weighted by molar-refractivity contribution is -0.906. The number of nitrogens with zero attached hydrogens (tertiary/aromatic N) is 1. The van der Waals surface area contributed by atoms with Crippen LogP contribution >= 0.6 is 7.82 Å². The van der Waals surface area contributed by atoms with Crippen molar-refractivity contribution < 1.29 is 42.0 Å². The largest absolute Gasteiger partial charge is 0.472 e. The third kappa shape index (κ3) is 20.2. The van der Waals surface area contributed by atoms with Gasteiger partial charge in [-0.15, -0.1) is 0 Å². The molecule has 1 aliphatic heterocycles. The molecule has 1 aliphatic rings. The molecule has 42 heavy (non-hydrogen) atoms. The minimum atomic E-state index is -4.23. The molecule has 3 unspecified atom stereocenters. The van der Waals surface area contributed by atoms with Gasteiger partial charge in [-0.05, 0) is 6.42 Å². The summed E-state index contributed by atoms with van der Waals surface area (Å²) >= 11 is 0. The Balaban J connectivity index is 2.00. The second-order valence-corrected chi connectivity index (χ2v) is 13.5. The molecule has 0 aromatic carbocycles. The zero-order valence-corrected chi connectivity index (χ0v) is 28.2. The van der Waals surface area contributed by atoms with E-state index >= 15 is 0 Å². The van der Waals surface area contributed by atoms with Crippen molar-refractivity contribution in [1.82, 2.24) is 0 Å². The Morgan fingerprint density at radius 1 is 0.857 bits per heavy atom. The van der Waals surface area contributed by atoms with Crippen LogP contribution in [0.3, 0.4) is 0 Å². The molecule has 0 radical (unpaired) electrons. The molecule has 0 aliphatic carbocycles. The Hall–Kier alpha value is -0.800. The molecule has 1 heterocycles. The summed E-state index contributed by atoms with van der Waals surface area (Å²) in [6.45, 7) is 4.93. The van der Waals surface area contributed by atoms with Crippen LogP contribution < -0.4 is 0 Å². The van der Waals surface area contributed by atoms with E-state index in [0.29, 0.717) is 36.4 Å². The quantitative estimate of drug-likeness (QED) is 0.0419. The maximum absolute atomic E-state index is 12.4. The zero-order valence-electron chi connectivity index (χ0n) is 27.3. The first kappa shape index (κ1) is 39.2. The fourth-order valence-electron chi connectivity index (χ4n) is 5.32. The van der Waals surface area contributed by atoms with Crippen LogP contribution in [-0.4, -0.2) is 88.8 Å². The van der Waals surface area contributed by atoms with E-state index in [9.17, 15) is 14.3 Å². The number of carbonyl (C=O) groups excluding carboxylic acids is 1. The van der Waals surface area contributed by atoms with Gasteiger partial charge >= 0.3 is 13.8 Å². The van der Waals surface area contributed by atoms with Crippen LogP contribution in [0.15, 0.2) is 11.6 Å². The van der Waals surface area contributed by atoms with Gasteiger partial charge < -0.3 is 23.6 Å². The van der Waals surface area contributed by atoms with Crippen LogP contribution in [0.25, 0.3) is 0 Å². The van der Waals surface area contributed by atoms with Gasteiger partial charge in [0.15, 0.2) is 0 Å². The maximum atomic E-state index is 12.4. The third-order valence-electron chi connectivity index (χ3n) is 8.15. The fraction of sp³-hybridized carbons (Fsp3) is 0.906. The van der Waals surface area contributed by atoms with Gasteiger partial charge in [0.2, 0.25) is 0 Å². The number of hydrogen-bond acceptors (Lipinski definition) is 7. The van der Waals surface area contributed by atoms with Crippen molar-refractivity contribution in [3.8, 4) is 0 Å². The number of phosphoric acid groups is 1. The molecule has 3 atom stereocenters. The lowest BCUT2D eigenvalue weighted by atomic mass is 10.0. The number of methoxy groups -OCH3 is 2.